The smallest absolute Gasteiger partial charge is 0.249 e. The number of nitrogens with zero attached hydrogens (tertiary/aromatic N) is 1. The second-order valence-electron chi connectivity index (χ2n) is 8.52. The lowest BCUT2D eigenvalue weighted by Crippen LogP contribution is -2.50. The average molecular weight is 366 g/mol. The largest absolute Gasteiger partial charge is 0.373 e. The Morgan fingerprint density at radius 2 is 1.96 bits per heavy atom. The molecule has 1 atom stereocenters. The second kappa shape index (κ2) is 6.51. The number of allylic oxidation sites excluding steroid dienone is 1. The van der Waals surface area contributed by atoms with Crippen molar-refractivity contribution in [3.05, 3.63) is 35.2 Å². The number of piperidine rings is 1. The number of hydrogen-bond acceptors (Lipinski definition) is 4. The molecule has 2 amide bonds. The van der Waals surface area contributed by atoms with Gasteiger partial charge in [0.1, 0.15) is 11.9 Å². The number of para-hydroxylation sites is 1. The van der Waals surface area contributed by atoms with Gasteiger partial charge in [0.15, 0.2) is 0 Å². The summed E-state index contributed by atoms with van der Waals surface area (Å²) >= 11 is 0. The molecule has 1 unspecified atom stereocenters. The molecule has 27 heavy (non-hydrogen) atoms. The first-order chi connectivity index (χ1) is 12.8. The molecule has 6 heteroatoms. The number of fused-ring (bicyclic) bond motifs is 1. The molecule has 142 valence electrons. The number of hydrogen-bond donors (Lipinski definition) is 3. The lowest BCUT2D eigenvalue weighted by Gasteiger charge is -2.29. The third-order valence-corrected chi connectivity index (χ3v) is 5.36. The Morgan fingerprint density at radius 3 is 2.59 bits per heavy atom. The molecule has 2 aliphatic rings. The van der Waals surface area contributed by atoms with Crippen molar-refractivity contribution in [1.29, 1.82) is 0 Å². The summed E-state index contributed by atoms with van der Waals surface area (Å²) < 4.78 is 0. The number of rotatable bonds is 3. The van der Waals surface area contributed by atoms with Gasteiger partial charge in [0.05, 0.1) is 11.0 Å². The fourth-order valence-corrected chi connectivity index (χ4v) is 3.57. The molecule has 6 nitrogen and oxygen atoms in total. The molecule has 0 radical (unpaired) electrons. The molecule has 0 bridgehead atoms. The van der Waals surface area contributed by atoms with Crippen molar-refractivity contribution in [2.75, 3.05) is 0 Å². The van der Waals surface area contributed by atoms with E-state index in [1.807, 2.05) is 12.1 Å². The zero-order valence-electron chi connectivity index (χ0n) is 16.1. The van der Waals surface area contributed by atoms with Crippen LogP contribution in [0.1, 0.15) is 64.3 Å². The number of imide groups is 1. The molecule has 1 aromatic heterocycles. The summed E-state index contributed by atoms with van der Waals surface area (Å²) in [7, 11) is 0. The Kier molecular flexibility index (Phi) is 4.29. The van der Waals surface area contributed by atoms with E-state index >= 15 is 0 Å². The van der Waals surface area contributed by atoms with Crippen molar-refractivity contribution < 1.29 is 9.59 Å². The second-order valence-corrected chi connectivity index (χ2v) is 8.52. The topological polar surface area (TPSA) is 86.9 Å². The number of benzene rings is 1. The molecule has 1 aliphatic carbocycles. The minimum atomic E-state index is -0.387. The monoisotopic (exact) mass is 366 g/mol. The number of aromatic amines is 1. The Labute approximate surface area is 158 Å². The SMILES string of the molecule is CC(C)(C)c1nc2c(C(NC3CCC(=O)NC3=O)=C3CCC3)cccc2[nH]1. The number of carbonyl (C=O) groups is 2. The van der Waals surface area contributed by atoms with Crippen LogP contribution in [-0.2, 0) is 15.0 Å². The van der Waals surface area contributed by atoms with Gasteiger partial charge in [0.25, 0.3) is 0 Å². The van der Waals surface area contributed by atoms with Crippen molar-refractivity contribution in [1.82, 2.24) is 20.6 Å². The standard InChI is InChI=1S/C21H26N4O2/c1-21(2,3)20-23-14-9-5-8-13(18(14)25-20)17(12-6-4-7-12)22-15-10-11-16(26)24-19(15)27/h5,8-9,15,22H,4,6-7,10-11H2,1-3H3,(H,23,25)(H,24,26,27). The summed E-state index contributed by atoms with van der Waals surface area (Å²) in [6.07, 6.45) is 4.11. The highest BCUT2D eigenvalue weighted by Crippen LogP contribution is 2.35. The van der Waals surface area contributed by atoms with Crippen LogP contribution in [0, 0.1) is 0 Å². The van der Waals surface area contributed by atoms with Crippen LogP contribution in [0.3, 0.4) is 0 Å². The molecule has 1 saturated carbocycles. The third kappa shape index (κ3) is 3.36. The Balaban J connectivity index is 1.75. The van der Waals surface area contributed by atoms with E-state index in [4.69, 9.17) is 4.98 Å². The lowest BCUT2D eigenvalue weighted by atomic mass is 9.87. The maximum Gasteiger partial charge on any atom is 0.249 e. The minimum absolute atomic E-state index is 0.0723. The lowest BCUT2D eigenvalue weighted by molar-refractivity contribution is -0.134. The zero-order chi connectivity index (χ0) is 19.2. The van der Waals surface area contributed by atoms with Crippen LogP contribution in [0.2, 0.25) is 0 Å². The summed E-state index contributed by atoms with van der Waals surface area (Å²) in [6.45, 7) is 6.41. The van der Waals surface area contributed by atoms with Crippen LogP contribution in [0.25, 0.3) is 16.7 Å². The van der Waals surface area contributed by atoms with Crippen molar-refractivity contribution in [2.24, 2.45) is 0 Å². The van der Waals surface area contributed by atoms with E-state index in [2.05, 4.69) is 42.5 Å². The number of amides is 2. The van der Waals surface area contributed by atoms with Crippen molar-refractivity contribution in [3.8, 4) is 0 Å². The van der Waals surface area contributed by atoms with E-state index in [9.17, 15) is 9.59 Å². The van der Waals surface area contributed by atoms with E-state index < -0.39 is 0 Å². The van der Waals surface area contributed by atoms with Crippen molar-refractivity contribution >= 4 is 28.5 Å². The highest BCUT2D eigenvalue weighted by atomic mass is 16.2. The van der Waals surface area contributed by atoms with Gasteiger partial charge in [-0.1, -0.05) is 32.9 Å². The van der Waals surface area contributed by atoms with E-state index in [0.717, 1.165) is 41.0 Å². The minimum Gasteiger partial charge on any atom is -0.373 e. The van der Waals surface area contributed by atoms with Gasteiger partial charge in [0.2, 0.25) is 11.8 Å². The first-order valence-corrected chi connectivity index (χ1v) is 9.65. The zero-order valence-corrected chi connectivity index (χ0v) is 16.1. The fourth-order valence-electron chi connectivity index (χ4n) is 3.57. The molecule has 1 saturated heterocycles. The average Bonchev–Trinajstić information content (AvgIpc) is 2.99. The number of carbonyl (C=O) groups excluding carboxylic acids is 2. The van der Waals surface area contributed by atoms with Gasteiger partial charge in [-0.3, -0.25) is 14.9 Å². The summed E-state index contributed by atoms with van der Waals surface area (Å²) in [5.74, 6) is 0.511. The van der Waals surface area contributed by atoms with Gasteiger partial charge >= 0.3 is 0 Å². The van der Waals surface area contributed by atoms with Gasteiger partial charge in [-0.25, -0.2) is 4.98 Å². The van der Waals surface area contributed by atoms with Crippen LogP contribution >= 0.6 is 0 Å². The molecule has 0 spiro atoms. The summed E-state index contributed by atoms with van der Waals surface area (Å²) in [4.78, 5) is 32.0. The number of H-pyrrole nitrogens is 1. The van der Waals surface area contributed by atoms with Gasteiger partial charge < -0.3 is 10.3 Å². The molecular formula is C21H26N4O2. The van der Waals surface area contributed by atoms with Gasteiger partial charge in [-0.15, -0.1) is 0 Å². The highest BCUT2D eigenvalue weighted by Gasteiger charge is 2.29. The molecule has 2 fully saturated rings. The first-order valence-electron chi connectivity index (χ1n) is 9.65. The van der Waals surface area contributed by atoms with Crippen LogP contribution < -0.4 is 10.6 Å². The normalized spacial score (nSPS) is 20.4. The highest BCUT2D eigenvalue weighted by molar-refractivity contribution is 6.01. The van der Waals surface area contributed by atoms with E-state index in [1.54, 1.807) is 0 Å². The predicted octanol–water partition coefficient (Wildman–Crippen LogP) is 3.15. The molecule has 4 rings (SSSR count). The number of nitrogens with one attached hydrogen (secondary N) is 3. The Morgan fingerprint density at radius 1 is 1.19 bits per heavy atom. The maximum atomic E-state index is 12.3. The molecule has 2 heterocycles. The number of aromatic nitrogens is 2. The van der Waals surface area contributed by atoms with Gasteiger partial charge in [0, 0.05) is 23.1 Å². The quantitative estimate of drug-likeness (QED) is 0.728. The molecule has 3 N–H and O–H groups in total. The van der Waals surface area contributed by atoms with Crippen LogP contribution in [-0.4, -0.2) is 27.8 Å². The van der Waals surface area contributed by atoms with Gasteiger partial charge in [-0.05, 0) is 37.3 Å². The Hall–Kier alpha value is -2.63. The number of imidazole rings is 1. The fraction of sp³-hybridized carbons (Fsp3) is 0.476. The molecule has 2 aromatic rings. The van der Waals surface area contributed by atoms with E-state index in [0.29, 0.717) is 12.8 Å². The summed E-state index contributed by atoms with van der Waals surface area (Å²) in [5.41, 5.74) is 5.22. The molecule has 1 aliphatic heterocycles. The third-order valence-electron chi connectivity index (χ3n) is 5.36. The van der Waals surface area contributed by atoms with Gasteiger partial charge in [-0.2, -0.15) is 0 Å². The van der Waals surface area contributed by atoms with Crippen molar-refractivity contribution in [3.63, 3.8) is 0 Å². The van der Waals surface area contributed by atoms with Crippen LogP contribution in [0.4, 0.5) is 0 Å². The molecule has 1 aromatic carbocycles. The summed E-state index contributed by atoms with van der Waals surface area (Å²) in [5, 5.41) is 5.88. The summed E-state index contributed by atoms with van der Waals surface area (Å²) in [6, 6.07) is 5.74. The predicted molar refractivity (Wildman–Crippen MR) is 105 cm³/mol. The van der Waals surface area contributed by atoms with Crippen LogP contribution in [0.15, 0.2) is 23.8 Å². The van der Waals surface area contributed by atoms with E-state index in [-0.39, 0.29) is 23.3 Å². The maximum absolute atomic E-state index is 12.3. The van der Waals surface area contributed by atoms with Crippen LogP contribution in [0.5, 0.6) is 0 Å². The molecular weight excluding hydrogens is 340 g/mol. The first kappa shape index (κ1) is 17.8. The van der Waals surface area contributed by atoms with Crippen molar-refractivity contribution in [2.45, 2.75) is 64.3 Å². The van der Waals surface area contributed by atoms with E-state index in [1.165, 1.54) is 12.0 Å². The Bertz CT molecular complexity index is 943.